The molecule has 2 atom stereocenters. The molecule has 2 aromatic heterocycles. The number of aryl methyl sites for hydroxylation is 2. The number of anilines is 1. The van der Waals surface area contributed by atoms with Gasteiger partial charge in [0, 0.05) is 31.7 Å². The minimum atomic E-state index is -2.12. The van der Waals surface area contributed by atoms with E-state index >= 15 is 4.39 Å². The smallest absolute Gasteiger partial charge is 0.268 e. The predicted molar refractivity (Wildman–Crippen MR) is 108 cm³/mol. The van der Waals surface area contributed by atoms with Gasteiger partial charge in [-0.15, -0.1) is 15.3 Å². The van der Waals surface area contributed by atoms with Crippen LogP contribution in [0.25, 0.3) is 5.65 Å². The van der Waals surface area contributed by atoms with Crippen LogP contribution in [0.4, 0.5) is 10.2 Å². The number of hydrogen-bond donors (Lipinski definition) is 0. The van der Waals surface area contributed by atoms with E-state index in [0.29, 0.717) is 37.4 Å². The standard InChI is InChI=1S/C19H22FN6OP/c1-13-3-4-15(11-14(13)2)19(20,28)18(27)25-9-7-24(8-10-25)17-6-5-16-22-21-12-26(16)23-17/h3-6,11-12H,7-10,28H2,1-2H3. The summed E-state index contributed by atoms with van der Waals surface area (Å²) in [6.45, 7) is 5.92. The molecule has 1 aliphatic heterocycles. The molecule has 3 heterocycles. The number of benzene rings is 1. The van der Waals surface area contributed by atoms with E-state index in [1.165, 1.54) is 0 Å². The predicted octanol–water partition coefficient (Wildman–Crippen LogP) is 2.09. The van der Waals surface area contributed by atoms with Gasteiger partial charge in [-0.1, -0.05) is 27.4 Å². The van der Waals surface area contributed by atoms with Gasteiger partial charge in [-0.3, -0.25) is 4.79 Å². The maximum Gasteiger partial charge on any atom is 0.268 e. The maximum atomic E-state index is 15.4. The van der Waals surface area contributed by atoms with E-state index in [-0.39, 0.29) is 0 Å². The third-order valence-electron chi connectivity index (χ3n) is 5.28. The first kappa shape index (κ1) is 18.7. The average Bonchev–Trinajstić information content (AvgIpc) is 3.17. The zero-order chi connectivity index (χ0) is 19.9. The van der Waals surface area contributed by atoms with Crippen molar-refractivity contribution in [1.29, 1.82) is 0 Å². The zero-order valence-corrected chi connectivity index (χ0v) is 17.0. The molecule has 0 spiro atoms. The molecule has 1 saturated heterocycles. The second kappa shape index (κ2) is 7.09. The van der Waals surface area contributed by atoms with E-state index in [0.717, 1.165) is 16.9 Å². The van der Waals surface area contributed by atoms with Crippen LogP contribution in [0.1, 0.15) is 16.7 Å². The van der Waals surface area contributed by atoms with Crippen molar-refractivity contribution in [1.82, 2.24) is 24.7 Å². The molecule has 1 aromatic carbocycles. The van der Waals surface area contributed by atoms with Gasteiger partial charge in [0.1, 0.15) is 12.1 Å². The molecule has 0 radical (unpaired) electrons. The SMILES string of the molecule is Cc1ccc(C(F)(P)C(=O)N2CCN(c3ccc4nncn4n3)CC2)cc1C. The quantitative estimate of drug-likeness (QED) is 0.630. The van der Waals surface area contributed by atoms with Gasteiger partial charge >= 0.3 is 0 Å². The Morgan fingerprint density at radius 3 is 2.57 bits per heavy atom. The summed E-state index contributed by atoms with van der Waals surface area (Å²) in [4.78, 5) is 16.5. The largest absolute Gasteiger partial charge is 0.352 e. The van der Waals surface area contributed by atoms with Crippen LogP contribution < -0.4 is 4.90 Å². The molecule has 9 heteroatoms. The first-order valence-electron chi connectivity index (χ1n) is 9.13. The molecule has 1 aliphatic rings. The van der Waals surface area contributed by atoms with E-state index in [4.69, 9.17) is 0 Å². The molecule has 4 rings (SSSR count). The van der Waals surface area contributed by atoms with Crippen molar-refractivity contribution in [3.05, 3.63) is 53.3 Å². The number of carbonyl (C=O) groups excluding carboxylic acids is 1. The van der Waals surface area contributed by atoms with Crippen LogP contribution in [0.2, 0.25) is 0 Å². The summed E-state index contributed by atoms with van der Waals surface area (Å²) >= 11 is 0. The van der Waals surface area contributed by atoms with E-state index in [1.807, 2.05) is 32.0 Å². The molecule has 1 fully saturated rings. The van der Waals surface area contributed by atoms with Crippen molar-refractivity contribution in [2.45, 2.75) is 19.3 Å². The third-order valence-corrected chi connectivity index (χ3v) is 5.86. The van der Waals surface area contributed by atoms with E-state index in [1.54, 1.807) is 27.9 Å². The van der Waals surface area contributed by atoms with Crippen molar-refractivity contribution in [2.24, 2.45) is 0 Å². The molecule has 0 N–H and O–H groups in total. The molecule has 0 saturated carbocycles. The average molecular weight is 400 g/mol. The monoisotopic (exact) mass is 400 g/mol. The Kier molecular flexibility index (Phi) is 4.75. The Bertz CT molecular complexity index is 1030. The van der Waals surface area contributed by atoms with Crippen LogP contribution >= 0.6 is 9.24 Å². The van der Waals surface area contributed by atoms with E-state index in [2.05, 4.69) is 29.4 Å². The van der Waals surface area contributed by atoms with Crippen molar-refractivity contribution in [3.63, 3.8) is 0 Å². The van der Waals surface area contributed by atoms with Crippen LogP contribution in [0.3, 0.4) is 0 Å². The zero-order valence-electron chi connectivity index (χ0n) is 15.8. The number of carbonyl (C=O) groups is 1. The number of amides is 1. The Labute approximate surface area is 164 Å². The second-order valence-corrected chi connectivity index (χ2v) is 7.91. The molecule has 7 nitrogen and oxygen atoms in total. The highest BCUT2D eigenvalue weighted by atomic mass is 31.0. The number of halogens is 1. The number of nitrogens with zero attached hydrogens (tertiary/aromatic N) is 6. The summed E-state index contributed by atoms with van der Waals surface area (Å²) in [5.41, 5.74) is 3.09. The van der Waals surface area contributed by atoms with Crippen LogP contribution in [0.5, 0.6) is 0 Å². The van der Waals surface area contributed by atoms with Gasteiger partial charge in [0.25, 0.3) is 5.91 Å². The topological polar surface area (TPSA) is 66.6 Å². The number of fused-ring (bicyclic) bond motifs is 1. The van der Waals surface area contributed by atoms with Crippen molar-refractivity contribution >= 4 is 26.6 Å². The van der Waals surface area contributed by atoms with E-state index < -0.39 is 11.3 Å². The summed E-state index contributed by atoms with van der Waals surface area (Å²) in [6.07, 6.45) is 1.55. The Balaban J connectivity index is 1.46. The lowest BCUT2D eigenvalue weighted by Gasteiger charge is -2.37. The molecule has 146 valence electrons. The van der Waals surface area contributed by atoms with Gasteiger partial charge in [0.05, 0.1) is 0 Å². The number of piperazine rings is 1. The molecule has 0 bridgehead atoms. The van der Waals surface area contributed by atoms with Crippen LogP contribution in [-0.2, 0) is 10.2 Å². The van der Waals surface area contributed by atoms with E-state index in [9.17, 15) is 4.79 Å². The van der Waals surface area contributed by atoms with Crippen molar-refractivity contribution < 1.29 is 9.18 Å². The molecular formula is C19H22FN6OP. The Hall–Kier alpha value is -2.60. The molecule has 1 amide bonds. The third kappa shape index (κ3) is 3.33. The minimum Gasteiger partial charge on any atom is -0.352 e. The lowest BCUT2D eigenvalue weighted by atomic mass is 10.0. The van der Waals surface area contributed by atoms with Crippen LogP contribution in [0, 0.1) is 13.8 Å². The maximum absolute atomic E-state index is 15.4. The highest BCUT2D eigenvalue weighted by Gasteiger charge is 2.40. The fourth-order valence-corrected chi connectivity index (χ4v) is 3.71. The minimum absolute atomic E-state index is 0.368. The van der Waals surface area contributed by atoms with Gasteiger partial charge < -0.3 is 9.80 Å². The summed E-state index contributed by atoms with van der Waals surface area (Å²) < 4.78 is 17.0. The van der Waals surface area contributed by atoms with Gasteiger partial charge in [-0.25, -0.2) is 4.39 Å². The van der Waals surface area contributed by atoms with Crippen molar-refractivity contribution in [3.8, 4) is 0 Å². The number of alkyl halides is 1. The lowest BCUT2D eigenvalue weighted by Crippen LogP contribution is -2.52. The van der Waals surface area contributed by atoms with Gasteiger partial charge in [0.15, 0.2) is 5.65 Å². The molecule has 28 heavy (non-hydrogen) atoms. The normalized spacial score (nSPS) is 17.0. The highest BCUT2D eigenvalue weighted by Crippen LogP contribution is 2.36. The number of rotatable bonds is 3. The highest BCUT2D eigenvalue weighted by molar-refractivity contribution is 7.20. The van der Waals surface area contributed by atoms with Gasteiger partial charge in [-0.05, 0) is 37.1 Å². The summed E-state index contributed by atoms with van der Waals surface area (Å²) in [7, 11) is 2.10. The summed E-state index contributed by atoms with van der Waals surface area (Å²) in [6, 6.07) is 9.01. The number of hydrogen-bond acceptors (Lipinski definition) is 5. The molecular weight excluding hydrogens is 378 g/mol. The lowest BCUT2D eigenvalue weighted by molar-refractivity contribution is -0.139. The van der Waals surface area contributed by atoms with Crippen molar-refractivity contribution in [2.75, 3.05) is 31.1 Å². The summed E-state index contributed by atoms with van der Waals surface area (Å²) in [5.74, 6) is 0.258. The molecule has 3 aromatic rings. The van der Waals surface area contributed by atoms with Crippen LogP contribution in [0.15, 0.2) is 36.7 Å². The number of aromatic nitrogens is 4. The molecule has 2 unspecified atom stereocenters. The fourth-order valence-electron chi connectivity index (χ4n) is 3.35. The Morgan fingerprint density at radius 2 is 1.86 bits per heavy atom. The van der Waals surface area contributed by atoms with Crippen LogP contribution in [-0.4, -0.2) is 56.8 Å². The Morgan fingerprint density at radius 1 is 1.11 bits per heavy atom. The first-order valence-corrected chi connectivity index (χ1v) is 9.71. The first-order chi connectivity index (χ1) is 13.4. The van der Waals surface area contributed by atoms with Gasteiger partial charge in [0.2, 0.25) is 5.41 Å². The molecule has 0 aliphatic carbocycles. The van der Waals surface area contributed by atoms with Gasteiger partial charge in [-0.2, -0.15) is 4.52 Å². The fraction of sp³-hybridized carbons (Fsp3) is 0.368. The second-order valence-electron chi connectivity index (χ2n) is 7.12. The summed E-state index contributed by atoms with van der Waals surface area (Å²) in [5, 5.41) is 10.1.